The maximum Gasteiger partial charge on any atom is 0.265 e. The lowest BCUT2D eigenvalue weighted by Gasteiger charge is -2.31. The Morgan fingerprint density at radius 2 is 2.09 bits per heavy atom. The molecule has 3 rings (SSSR count). The summed E-state index contributed by atoms with van der Waals surface area (Å²) in [6.45, 7) is 2.61. The molecule has 1 aromatic rings. The number of nitrogens with zero attached hydrogens (tertiary/aromatic N) is 1. The summed E-state index contributed by atoms with van der Waals surface area (Å²) < 4.78 is 5.74. The fourth-order valence-electron chi connectivity index (χ4n) is 3.42. The lowest BCUT2D eigenvalue weighted by atomic mass is 10.0. The Hall–Kier alpha value is -1.33. The second-order valence-corrected chi connectivity index (χ2v) is 7.11. The fraction of sp³-hybridized carbons (Fsp3) is 0.529. The molecule has 1 saturated carbocycles. The van der Waals surface area contributed by atoms with Crippen LogP contribution in [-0.4, -0.2) is 34.1 Å². The number of ketones is 1. The van der Waals surface area contributed by atoms with Crippen LogP contribution in [0.2, 0.25) is 0 Å². The van der Waals surface area contributed by atoms with Gasteiger partial charge in [0.05, 0.1) is 12.6 Å². The van der Waals surface area contributed by atoms with Crippen LogP contribution in [0.4, 0.5) is 0 Å². The van der Waals surface area contributed by atoms with Crippen molar-refractivity contribution in [2.45, 2.75) is 43.8 Å². The summed E-state index contributed by atoms with van der Waals surface area (Å²) in [5, 5.41) is 0. The van der Waals surface area contributed by atoms with Gasteiger partial charge >= 0.3 is 0 Å². The van der Waals surface area contributed by atoms with Gasteiger partial charge in [0.25, 0.3) is 5.91 Å². The Bertz CT molecular complexity index is 573. The molecule has 1 aromatic carbocycles. The van der Waals surface area contributed by atoms with Crippen molar-refractivity contribution in [3.63, 3.8) is 0 Å². The number of likely N-dealkylation sites (tertiary alicyclic amines) is 1. The number of hydrogen-bond donors (Lipinski definition) is 1. The highest BCUT2D eigenvalue weighted by atomic mass is 32.1. The molecule has 118 valence electrons. The Balaban J connectivity index is 1.66. The van der Waals surface area contributed by atoms with Crippen LogP contribution in [0.1, 0.15) is 31.7 Å². The molecule has 0 aromatic heterocycles. The molecule has 0 N–H and O–H groups in total. The molecule has 1 saturated heterocycles. The Labute approximate surface area is 136 Å². The van der Waals surface area contributed by atoms with Gasteiger partial charge in [0.1, 0.15) is 0 Å². The lowest BCUT2D eigenvalue weighted by Crippen LogP contribution is -2.49. The zero-order valence-electron chi connectivity index (χ0n) is 12.7. The third kappa shape index (κ3) is 2.92. The molecule has 1 amide bonds. The first-order chi connectivity index (χ1) is 10.5. The van der Waals surface area contributed by atoms with Gasteiger partial charge in [-0.1, -0.05) is 30.3 Å². The van der Waals surface area contributed by atoms with E-state index in [1.54, 1.807) is 11.8 Å². The van der Waals surface area contributed by atoms with Crippen molar-refractivity contribution in [1.82, 2.24) is 4.90 Å². The molecule has 5 heteroatoms. The number of fused-ring (bicyclic) bond motifs is 1. The lowest BCUT2D eigenvalue weighted by molar-refractivity contribution is -0.150. The average Bonchev–Trinajstić information content (AvgIpc) is 3.09. The van der Waals surface area contributed by atoms with Crippen LogP contribution in [0.25, 0.3) is 0 Å². The van der Waals surface area contributed by atoms with E-state index in [9.17, 15) is 9.59 Å². The van der Waals surface area contributed by atoms with Gasteiger partial charge in [0.15, 0.2) is 10.7 Å². The van der Waals surface area contributed by atoms with Gasteiger partial charge < -0.3 is 9.64 Å². The number of Topliss-reactive ketones (excluding diaryl/α,β-unsaturated/α-hetero) is 1. The van der Waals surface area contributed by atoms with Crippen LogP contribution in [-0.2, 0) is 20.9 Å². The van der Waals surface area contributed by atoms with Crippen molar-refractivity contribution in [1.29, 1.82) is 0 Å². The first-order valence-electron chi connectivity index (χ1n) is 7.73. The van der Waals surface area contributed by atoms with Crippen LogP contribution < -0.4 is 0 Å². The zero-order chi connectivity index (χ0) is 15.7. The molecule has 22 heavy (non-hydrogen) atoms. The summed E-state index contributed by atoms with van der Waals surface area (Å²) in [7, 11) is 0. The van der Waals surface area contributed by atoms with E-state index in [1.165, 1.54) is 0 Å². The largest absolute Gasteiger partial charge is 0.351 e. The highest BCUT2D eigenvalue weighted by Gasteiger charge is 2.48. The van der Waals surface area contributed by atoms with Crippen molar-refractivity contribution in [2.75, 3.05) is 6.54 Å². The Morgan fingerprint density at radius 1 is 1.36 bits per heavy atom. The van der Waals surface area contributed by atoms with Crippen molar-refractivity contribution >= 4 is 24.3 Å². The summed E-state index contributed by atoms with van der Waals surface area (Å²) in [6.07, 6.45) is 2.40. The van der Waals surface area contributed by atoms with E-state index < -0.39 is 4.93 Å². The van der Waals surface area contributed by atoms with E-state index in [-0.39, 0.29) is 17.7 Å². The monoisotopic (exact) mass is 319 g/mol. The summed E-state index contributed by atoms with van der Waals surface area (Å²) in [5.41, 5.74) is 0.992. The third-order valence-electron chi connectivity index (χ3n) is 4.63. The van der Waals surface area contributed by atoms with E-state index in [0.717, 1.165) is 18.4 Å². The van der Waals surface area contributed by atoms with E-state index in [4.69, 9.17) is 4.74 Å². The number of benzene rings is 1. The number of carbonyl (C=O) groups excluding carboxylic acids is 2. The molecule has 0 radical (unpaired) electrons. The summed E-state index contributed by atoms with van der Waals surface area (Å²) in [5.74, 6) is 0.312. The molecule has 1 aliphatic heterocycles. The second kappa shape index (κ2) is 6.05. The van der Waals surface area contributed by atoms with Crippen molar-refractivity contribution in [3.8, 4) is 0 Å². The smallest absolute Gasteiger partial charge is 0.265 e. The average molecular weight is 319 g/mol. The molecule has 0 bridgehead atoms. The number of amides is 1. The van der Waals surface area contributed by atoms with Crippen LogP contribution >= 0.6 is 12.6 Å². The number of hydrogen-bond acceptors (Lipinski definition) is 4. The van der Waals surface area contributed by atoms with Crippen molar-refractivity contribution in [3.05, 3.63) is 35.9 Å². The predicted octanol–water partition coefficient (Wildman–Crippen LogP) is 2.43. The standard InChI is InChI=1S/C17H21NO3S/c1-17(22,21-11-12-5-3-2-4-6-12)16(20)18-10-9-13-7-8-14(19)15(13)18/h2-6,13,15,22H,7-11H2,1H3/t13-,15?,17+/m1/s1. The number of thiol groups is 1. The number of rotatable bonds is 4. The van der Waals surface area contributed by atoms with E-state index in [0.29, 0.717) is 25.5 Å². The molecule has 1 unspecified atom stereocenters. The molecular weight excluding hydrogens is 298 g/mol. The van der Waals surface area contributed by atoms with Crippen LogP contribution in [0.3, 0.4) is 0 Å². The SMILES string of the molecule is C[C@@](S)(OCc1ccccc1)C(=O)N1CC[C@H]2CCC(=O)C21. The summed E-state index contributed by atoms with van der Waals surface area (Å²) >= 11 is 4.42. The molecule has 1 heterocycles. The normalized spacial score (nSPS) is 26.8. The molecule has 3 atom stereocenters. The number of ether oxygens (including phenoxy) is 1. The maximum atomic E-state index is 12.7. The van der Waals surface area contributed by atoms with Crippen molar-refractivity contribution < 1.29 is 14.3 Å². The molecule has 2 aliphatic rings. The molecule has 0 spiro atoms. The zero-order valence-corrected chi connectivity index (χ0v) is 13.6. The minimum Gasteiger partial charge on any atom is -0.351 e. The maximum absolute atomic E-state index is 12.7. The van der Waals surface area contributed by atoms with Crippen LogP contribution in [0.15, 0.2) is 30.3 Å². The summed E-state index contributed by atoms with van der Waals surface area (Å²) in [4.78, 5) is 25.2. The third-order valence-corrected chi connectivity index (χ3v) is 4.96. The topological polar surface area (TPSA) is 46.6 Å². The van der Waals surface area contributed by atoms with Gasteiger partial charge in [-0.15, -0.1) is 12.6 Å². The molecular formula is C17H21NO3S. The second-order valence-electron chi connectivity index (χ2n) is 6.25. The minimum absolute atomic E-state index is 0.183. The quantitative estimate of drug-likeness (QED) is 0.685. The number of carbonyl (C=O) groups is 2. The summed E-state index contributed by atoms with van der Waals surface area (Å²) in [6, 6.07) is 9.43. The van der Waals surface area contributed by atoms with Gasteiger partial charge in [-0.3, -0.25) is 9.59 Å². The highest BCUT2D eigenvalue weighted by molar-refractivity contribution is 7.82. The highest BCUT2D eigenvalue weighted by Crippen LogP contribution is 2.37. The Morgan fingerprint density at radius 3 is 2.82 bits per heavy atom. The van der Waals surface area contributed by atoms with Crippen LogP contribution in [0.5, 0.6) is 0 Å². The van der Waals surface area contributed by atoms with Gasteiger partial charge in [-0.25, -0.2) is 0 Å². The molecule has 1 aliphatic carbocycles. The van der Waals surface area contributed by atoms with Gasteiger partial charge in [0.2, 0.25) is 0 Å². The van der Waals surface area contributed by atoms with Gasteiger partial charge in [-0.05, 0) is 31.2 Å². The first kappa shape index (κ1) is 15.6. The predicted molar refractivity (Wildman–Crippen MR) is 86.5 cm³/mol. The van der Waals surface area contributed by atoms with E-state index >= 15 is 0 Å². The van der Waals surface area contributed by atoms with Gasteiger partial charge in [0, 0.05) is 13.0 Å². The first-order valence-corrected chi connectivity index (χ1v) is 8.18. The van der Waals surface area contributed by atoms with Crippen LogP contribution in [0, 0.1) is 5.92 Å². The molecule has 2 fully saturated rings. The molecule has 4 nitrogen and oxygen atoms in total. The Kier molecular flexibility index (Phi) is 4.28. The van der Waals surface area contributed by atoms with Gasteiger partial charge in [-0.2, -0.15) is 0 Å². The van der Waals surface area contributed by atoms with E-state index in [2.05, 4.69) is 12.6 Å². The minimum atomic E-state index is -1.21. The van der Waals surface area contributed by atoms with Crippen molar-refractivity contribution in [2.24, 2.45) is 5.92 Å². The fourth-order valence-corrected chi connectivity index (χ4v) is 3.62. The van der Waals surface area contributed by atoms with E-state index in [1.807, 2.05) is 30.3 Å².